The highest BCUT2D eigenvalue weighted by molar-refractivity contribution is 4.45. The molecule has 0 aliphatic heterocycles. The van der Waals surface area contributed by atoms with E-state index < -0.39 is 0 Å². The van der Waals surface area contributed by atoms with Gasteiger partial charge in [0.2, 0.25) is 0 Å². The van der Waals surface area contributed by atoms with E-state index in [1.54, 1.807) is 0 Å². The molecule has 0 saturated heterocycles. The lowest BCUT2D eigenvalue weighted by atomic mass is 10.7. The highest BCUT2D eigenvalue weighted by atomic mass is 15.3. The van der Waals surface area contributed by atoms with Crippen LogP contribution in [0.1, 0.15) is 0 Å². The summed E-state index contributed by atoms with van der Waals surface area (Å²) in [5, 5.41) is 0. The minimum absolute atomic E-state index is 1.01. The van der Waals surface area contributed by atoms with Crippen molar-refractivity contribution in [2.24, 2.45) is 0 Å². The standard InChI is InChI=1S/C7H19N3/c1-8(2)6-10(5)7-9(3)4/h6-7H2,1-5H3. The number of nitrogens with zero attached hydrogens (tertiary/aromatic N) is 3. The van der Waals surface area contributed by atoms with Crippen molar-refractivity contribution in [3.05, 3.63) is 0 Å². The lowest BCUT2D eigenvalue weighted by Gasteiger charge is -2.24. The second-order valence-corrected chi connectivity index (χ2v) is 3.30. The molecule has 0 aromatic carbocycles. The molecule has 0 saturated carbocycles. The summed E-state index contributed by atoms with van der Waals surface area (Å²) in [4.78, 5) is 6.56. The first-order valence-corrected chi connectivity index (χ1v) is 3.50. The summed E-state index contributed by atoms with van der Waals surface area (Å²) in [6.07, 6.45) is 0. The van der Waals surface area contributed by atoms with E-state index in [2.05, 4.69) is 49.9 Å². The molecular formula is C7H19N3. The molecule has 0 heterocycles. The Labute approximate surface area is 64.2 Å². The molecule has 3 nitrogen and oxygen atoms in total. The third kappa shape index (κ3) is 6.01. The zero-order chi connectivity index (χ0) is 8.15. The van der Waals surface area contributed by atoms with Crippen LogP contribution in [-0.4, -0.2) is 63.3 Å². The van der Waals surface area contributed by atoms with Gasteiger partial charge in [0.25, 0.3) is 0 Å². The highest BCUT2D eigenvalue weighted by Gasteiger charge is 1.98. The Morgan fingerprint density at radius 2 is 1.00 bits per heavy atom. The van der Waals surface area contributed by atoms with Crippen LogP contribution in [0.4, 0.5) is 0 Å². The third-order valence-electron chi connectivity index (χ3n) is 1.05. The summed E-state index contributed by atoms with van der Waals surface area (Å²) in [6.45, 7) is 2.02. The van der Waals surface area contributed by atoms with Crippen LogP contribution in [0, 0.1) is 0 Å². The average molecular weight is 145 g/mol. The summed E-state index contributed by atoms with van der Waals surface area (Å²) >= 11 is 0. The molecule has 0 radical (unpaired) electrons. The van der Waals surface area contributed by atoms with Gasteiger partial charge in [0, 0.05) is 0 Å². The van der Waals surface area contributed by atoms with Gasteiger partial charge in [-0.15, -0.1) is 0 Å². The zero-order valence-electron chi connectivity index (χ0n) is 7.76. The molecule has 0 aliphatic rings. The maximum Gasteiger partial charge on any atom is 0.0509 e. The molecule has 0 aromatic rings. The van der Waals surface area contributed by atoms with Crippen LogP contribution in [0.15, 0.2) is 0 Å². The Bertz CT molecular complexity index is 70.9. The number of hydrogen-bond donors (Lipinski definition) is 0. The monoisotopic (exact) mass is 145 g/mol. The van der Waals surface area contributed by atoms with Crippen molar-refractivity contribution in [1.29, 1.82) is 0 Å². The van der Waals surface area contributed by atoms with Crippen molar-refractivity contribution in [1.82, 2.24) is 14.7 Å². The van der Waals surface area contributed by atoms with Gasteiger partial charge >= 0.3 is 0 Å². The van der Waals surface area contributed by atoms with Crippen LogP contribution < -0.4 is 0 Å². The molecule has 0 N–H and O–H groups in total. The molecule has 0 bridgehead atoms. The Morgan fingerprint density at radius 3 is 1.20 bits per heavy atom. The second-order valence-electron chi connectivity index (χ2n) is 3.30. The average Bonchev–Trinajstić information content (AvgIpc) is 1.58. The minimum atomic E-state index is 1.01. The second kappa shape index (κ2) is 4.66. The first-order valence-electron chi connectivity index (χ1n) is 3.50. The Hall–Kier alpha value is -0.120. The fourth-order valence-electron chi connectivity index (χ4n) is 1.01. The van der Waals surface area contributed by atoms with Gasteiger partial charge in [-0.2, -0.15) is 0 Å². The van der Waals surface area contributed by atoms with Crippen molar-refractivity contribution in [2.75, 3.05) is 48.6 Å². The predicted molar refractivity (Wildman–Crippen MR) is 44.9 cm³/mol. The van der Waals surface area contributed by atoms with E-state index in [9.17, 15) is 0 Å². The molecule has 3 heteroatoms. The van der Waals surface area contributed by atoms with E-state index in [1.807, 2.05) is 0 Å². The van der Waals surface area contributed by atoms with Crippen molar-refractivity contribution >= 4 is 0 Å². The van der Waals surface area contributed by atoms with E-state index in [1.165, 1.54) is 0 Å². The molecule has 0 fully saturated rings. The number of hydrogen-bond acceptors (Lipinski definition) is 3. The lowest BCUT2D eigenvalue weighted by molar-refractivity contribution is 0.147. The molecule has 0 rings (SSSR count). The van der Waals surface area contributed by atoms with Crippen LogP contribution in [0.3, 0.4) is 0 Å². The SMILES string of the molecule is CN(C)CN(C)CN(C)C. The van der Waals surface area contributed by atoms with Crippen LogP contribution in [0.2, 0.25) is 0 Å². The molecule has 0 aliphatic carbocycles. The van der Waals surface area contributed by atoms with Crippen molar-refractivity contribution in [3.63, 3.8) is 0 Å². The largest absolute Gasteiger partial charge is 0.297 e. The predicted octanol–water partition coefficient (Wildman–Crippen LogP) is -0.0436. The van der Waals surface area contributed by atoms with Gasteiger partial charge in [0.15, 0.2) is 0 Å². The van der Waals surface area contributed by atoms with Crippen molar-refractivity contribution < 1.29 is 0 Å². The molecule has 62 valence electrons. The van der Waals surface area contributed by atoms with Gasteiger partial charge in [-0.3, -0.25) is 14.7 Å². The van der Waals surface area contributed by atoms with Gasteiger partial charge in [0.05, 0.1) is 13.3 Å². The first-order chi connectivity index (χ1) is 4.52. The molecule has 0 amide bonds. The summed E-state index contributed by atoms with van der Waals surface area (Å²) in [6, 6.07) is 0. The van der Waals surface area contributed by atoms with Crippen molar-refractivity contribution in [2.45, 2.75) is 0 Å². The van der Waals surface area contributed by atoms with Crippen LogP contribution in [-0.2, 0) is 0 Å². The Morgan fingerprint density at radius 1 is 0.700 bits per heavy atom. The van der Waals surface area contributed by atoms with E-state index in [-0.39, 0.29) is 0 Å². The summed E-state index contributed by atoms with van der Waals surface area (Å²) in [5.74, 6) is 0. The first kappa shape index (κ1) is 9.88. The zero-order valence-corrected chi connectivity index (χ0v) is 7.76. The van der Waals surface area contributed by atoms with E-state index in [0.29, 0.717) is 0 Å². The maximum absolute atomic E-state index is 2.25. The maximum atomic E-state index is 2.25. The molecule has 0 atom stereocenters. The van der Waals surface area contributed by atoms with E-state index >= 15 is 0 Å². The quantitative estimate of drug-likeness (QED) is 0.514. The van der Waals surface area contributed by atoms with Gasteiger partial charge in [-0.05, 0) is 35.2 Å². The van der Waals surface area contributed by atoms with Crippen LogP contribution >= 0.6 is 0 Å². The topological polar surface area (TPSA) is 9.72 Å². The summed E-state index contributed by atoms with van der Waals surface area (Å²) in [7, 11) is 10.4. The van der Waals surface area contributed by atoms with Crippen LogP contribution in [0.5, 0.6) is 0 Å². The van der Waals surface area contributed by atoms with E-state index in [0.717, 1.165) is 13.3 Å². The minimum Gasteiger partial charge on any atom is -0.297 e. The number of rotatable bonds is 4. The molecule has 0 aromatic heterocycles. The van der Waals surface area contributed by atoms with Gasteiger partial charge < -0.3 is 0 Å². The Balaban J connectivity index is 3.34. The van der Waals surface area contributed by atoms with Crippen LogP contribution in [0.25, 0.3) is 0 Å². The van der Waals surface area contributed by atoms with E-state index in [4.69, 9.17) is 0 Å². The molecular weight excluding hydrogens is 126 g/mol. The summed E-state index contributed by atoms with van der Waals surface area (Å²) in [5.41, 5.74) is 0. The fraction of sp³-hybridized carbons (Fsp3) is 1.00. The van der Waals surface area contributed by atoms with Crippen molar-refractivity contribution in [3.8, 4) is 0 Å². The lowest BCUT2D eigenvalue weighted by Crippen LogP contribution is -2.36. The molecule has 0 unspecified atom stereocenters. The smallest absolute Gasteiger partial charge is 0.0509 e. The third-order valence-corrected chi connectivity index (χ3v) is 1.05. The normalized spacial score (nSPS) is 12.0. The molecule has 10 heavy (non-hydrogen) atoms. The van der Waals surface area contributed by atoms with Gasteiger partial charge in [-0.25, -0.2) is 0 Å². The fourth-order valence-corrected chi connectivity index (χ4v) is 1.01. The highest BCUT2D eigenvalue weighted by Crippen LogP contribution is 1.85. The summed E-state index contributed by atoms with van der Waals surface area (Å²) < 4.78 is 0. The Kier molecular flexibility index (Phi) is 4.60. The molecule has 0 spiro atoms. The van der Waals surface area contributed by atoms with Gasteiger partial charge in [-0.1, -0.05) is 0 Å². The van der Waals surface area contributed by atoms with Gasteiger partial charge in [0.1, 0.15) is 0 Å².